The molecule has 6 heteroatoms. The summed E-state index contributed by atoms with van der Waals surface area (Å²) in [5, 5.41) is 0. The SMILES string of the molecule is CCCCC/C=C\CCCCCCCC(=O)OCC(COC(=O)CCCCCCCCCCCCCCCCCCC/C=C\C/C=C\CCCCCCC)OC(=O)CCCCCCC/C=C\CCCCCCC. The number of rotatable bonds is 59. The summed E-state index contributed by atoms with van der Waals surface area (Å²) in [6, 6.07) is 0. The summed E-state index contributed by atoms with van der Waals surface area (Å²) in [5.41, 5.74) is 0. The Labute approximate surface area is 454 Å². The zero-order valence-corrected chi connectivity index (χ0v) is 48.9. The number of allylic oxidation sites excluding steroid dienone is 8. The van der Waals surface area contributed by atoms with E-state index in [2.05, 4.69) is 69.4 Å². The highest BCUT2D eigenvalue weighted by Gasteiger charge is 2.19. The third-order valence-electron chi connectivity index (χ3n) is 14.3. The second-order valence-electron chi connectivity index (χ2n) is 21.7. The van der Waals surface area contributed by atoms with E-state index >= 15 is 0 Å². The van der Waals surface area contributed by atoms with Crippen LogP contribution in [-0.2, 0) is 28.6 Å². The molecule has 6 nitrogen and oxygen atoms in total. The zero-order chi connectivity index (χ0) is 52.9. The van der Waals surface area contributed by atoms with E-state index in [0.717, 1.165) is 77.0 Å². The summed E-state index contributed by atoms with van der Waals surface area (Å²) in [6.45, 7) is 6.62. The van der Waals surface area contributed by atoms with Crippen LogP contribution < -0.4 is 0 Å². The molecule has 0 saturated heterocycles. The Morgan fingerprint density at radius 2 is 0.493 bits per heavy atom. The van der Waals surface area contributed by atoms with Crippen LogP contribution in [-0.4, -0.2) is 37.2 Å². The Balaban J connectivity index is 4.15. The summed E-state index contributed by atoms with van der Waals surface area (Å²) in [4.78, 5) is 38.2. The van der Waals surface area contributed by atoms with Crippen molar-refractivity contribution in [3.63, 3.8) is 0 Å². The van der Waals surface area contributed by atoms with Crippen molar-refractivity contribution in [1.82, 2.24) is 0 Å². The van der Waals surface area contributed by atoms with Gasteiger partial charge in [-0.25, -0.2) is 0 Å². The van der Waals surface area contributed by atoms with Gasteiger partial charge in [-0.15, -0.1) is 0 Å². The lowest BCUT2D eigenvalue weighted by atomic mass is 10.0. The molecule has 0 saturated carbocycles. The Morgan fingerprint density at radius 3 is 0.795 bits per heavy atom. The minimum Gasteiger partial charge on any atom is -0.462 e. The van der Waals surface area contributed by atoms with Crippen LogP contribution in [0.25, 0.3) is 0 Å². The molecule has 0 radical (unpaired) electrons. The standard InChI is InChI=1S/C67H122O6/c1-4-7-10-13-16-19-22-25-27-28-29-30-31-32-33-34-35-36-37-38-39-40-41-43-45-48-51-54-57-60-66(69)72-63-64(62-71-65(68)59-56-53-50-47-44-24-21-18-15-12-9-6-3)73-67(70)61-58-55-52-49-46-42-26-23-20-17-14-11-8-5-2/h18,21-23,25-26,28-29,64H,4-17,19-20,24,27,30-63H2,1-3H3/b21-18-,25-22-,26-23-,29-28-. The largest absolute Gasteiger partial charge is 0.462 e. The number of ether oxygens (including phenoxy) is 3. The number of carbonyl (C=O) groups excluding carboxylic acids is 3. The smallest absolute Gasteiger partial charge is 0.306 e. The van der Waals surface area contributed by atoms with Gasteiger partial charge in [-0.1, -0.05) is 268 Å². The van der Waals surface area contributed by atoms with E-state index in [9.17, 15) is 14.4 Å². The Kier molecular flexibility index (Phi) is 59.7. The summed E-state index contributed by atoms with van der Waals surface area (Å²) in [6.07, 6.45) is 77.0. The van der Waals surface area contributed by atoms with Gasteiger partial charge in [-0.2, -0.15) is 0 Å². The van der Waals surface area contributed by atoms with E-state index in [1.807, 2.05) is 0 Å². The van der Waals surface area contributed by atoms with E-state index in [0.29, 0.717) is 19.3 Å². The molecule has 0 bridgehead atoms. The van der Waals surface area contributed by atoms with Crippen molar-refractivity contribution in [3.8, 4) is 0 Å². The quantitative estimate of drug-likeness (QED) is 0.0261. The van der Waals surface area contributed by atoms with E-state index in [1.54, 1.807) is 0 Å². The van der Waals surface area contributed by atoms with E-state index in [-0.39, 0.29) is 31.1 Å². The number of unbranched alkanes of at least 4 members (excludes halogenated alkanes) is 40. The molecule has 0 aliphatic heterocycles. The number of esters is 3. The first-order valence-electron chi connectivity index (χ1n) is 32.1. The van der Waals surface area contributed by atoms with Crippen LogP contribution in [0.15, 0.2) is 48.6 Å². The second-order valence-corrected chi connectivity index (χ2v) is 21.7. The van der Waals surface area contributed by atoms with Crippen LogP contribution in [0.5, 0.6) is 0 Å². The molecular formula is C67H122O6. The lowest BCUT2D eigenvalue weighted by Crippen LogP contribution is -2.30. The number of hydrogen-bond donors (Lipinski definition) is 0. The molecule has 0 amide bonds. The van der Waals surface area contributed by atoms with Gasteiger partial charge in [-0.3, -0.25) is 14.4 Å². The predicted molar refractivity (Wildman–Crippen MR) is 316 cm³/mol. The van der Waals surface area contributed by atoms with Crippen LogP contribution in [0, 0.1) is 0 Å². The summed E-state index contributed by atoms with van der Waals surface area (Å²) < 4.78 is 16.9. The maximum atomic E-state index is 12.9. The summed E-state index contributed by atoms with van der Waals surface area (Å²) in [7, 11) is 0. The molecule has 0 aromatic rings. The first-order chi connectivity index (χ1) is 36.0. The maximum Gasteiger partial charge on any atom is 0.306 e. The molecule has 0 aliphatic rings. The Morgan fingerprint density at radius 1 is 0.274 bits per heavy atom. The number of carbonyl (C=O) groups is 3. The fourth-order valence-corrected chi connectivity index (χ4v) is 9.41. The second kappa shape index (κ2) is 61.9. The fourth-order valence-electron chi connectivity index (χ4n) is 9.41. The average molecular weight is 1020 g/mol. The zero-order valence-electron chi connectivity index (χ0n) is 48.9. The van der Waals surface area contributed by atoms with Gasteiger partial charge < -0.3 is 14.2 Å². The Hall–Kier alpha value is -2.63. The van der Waals surface area contributed by atoms with Crippen molar-refractivity contribution in [2.45, 2.75) is 348 Å². The summed E-state index contributed by atoms with van der Waals surface area (Å²) >= 11 is 0. The predicted octanol–water partition coefficient (Wildman–Crippen LogP) is 21.8. The molecule has 1 atom stereocenters. The maximum absolute atomic E-state index is 12.9. The van der Waals surface area contributed by atoms with Gasteiger partial charge in [0.2, 0.25) is 0 Å². The first-order valence-corrected chi connectivity index (χ1v) is 32.1. The Bertz CT molecular complexity index is 1270. The molecular weight excluding hydrogens is 901 g/mol. The van der Waals surface area contributed by atoms with Crippen LogP contribution in [0.4, 0.5) is 0 Å². The van der Waals surface area contributed by atoms with Gasteiger partial charge in [0.05, 0.1) is 0 Å². The van der Waals surface area contributed by atoms with Crippen LogP contribution in [0.3, 0.4) is 0 Å². The molecule has 0 rings (SSSR count). The van der Waals surface area contributed by atoms with Crippen molar-refractivity contribution in [2.24, 2.45) is 0 Å². The highest BCUT2D eigenvalue weighted by atomic mass is 16.6. The third kappa shape index (κ3) is 60.1. The highest BCUT2D eigenvalue weighted by Crippen LogP contribution is 2.17. The minimum absolute atomic E-state index is 0.0759. The first kappa shape index (κ1) is 70.4. The van der Waals surface area contributed by atoms with Crippen molar-refractivity contribution >= 4 is 17.9 Å². The molecule has 73 heavy (non-hydrogen) atoms. The highest BCUT2D eigenvalue weighted by molar-refractivity contribution is 5.71. The molecule has 0 N–H and O–H groups in total. The molecule has 0 spiro atoms. The van der Waals surface area contributed by atoms with Crippen molar-refractivity contribution in [1.29, 1.82) is 0 Å². The third-order valence-corrected chi connectivity index (χ3v) is 14.3. The average Bonchev–Trinajstić information content (AvgIpc) is 3.39. The molecule has 0 fully saturated rings. The lowest BCUT2D eigenvalue weighted by Gasteiger charge is -2.18. The molecule has 0 aromatic carbocycles. The summed E-state index contributed by atoms with van der Waals surface area (Å²) in [5.74, 6) is -0.877. The minimum atomic E-state index is -0.779. The molecule has 0 aromatic heterocycles. The van der Waals surface area contributed by atoms with E-state index in [4.69, 9.17) is 14.2 Å². The van der Waals surface area contributed by atoms with Gasteiger partial charge in [0.15, 0.2) is 6.10 Å². The van der Waals surface area contributed by atoms with Gasteiger partial charge in [-0.05, 0) is 103 Å². The molecule has 0 aliphatic carbocycles. The van der Waals surface area contributed by atoms with Crippen LogP contribution >= 0.6 is 0 Å². The molecule has 1 unspecified atom stereocenters. The van der Waals surface area contributed by atoms with Gasteiger partial charge >= 0.3 is 17.9 Å². The van der Waals surface area contributed by atoms with E-state index < -0.39 is 6.10 Å². The number of hydrogen-bond acceptors (Lipinski definition) is 6. The van der Waals surface area contributed by atoms with Gasteiger partial charge in [0, 0.05) is 19.3 Å². The van der Waals surface area contributed by atoms with Gasteiger partial charge in [0.1, 0.15) is 13.2 Å². The van der Waals surface area contributed by atoms with Crippen molar-refractivity contribution in [3.05, 3.63) is 48.6 Å². The van der Waals surface area contributed by atoms with Crippen LogP contribution in [0.1, 0.15) is 342 Å². The van der Waals surface area contributed by atoms with Crippen molar-refractivity contribution in [2.75, 3.05) is 13.2 Å². The topological polar surface area (TPSA) is 78.9 Å². The van der Waals surface area contributed by atoms with E-state index in [1.165, 1.54) is 225 Å². The molecule has 426 valence electrons. The normalized spacial score (nSPS) is 12.3. The molecule has 0 heterocycles. The lowest BCUT2D eigenvalue weighted by molar-refractivity contribution is -0.167. The fraction of sp³-hybridized carbons (Fsp3) is 0.836. The van der Waals surface area contributed by atoms with Crippen LogP contribution in [0.2, 0.25) is 0 Å². The monoisotopic (exact) mass is 1020 g/mol. The van der Waals surface area contributed by atoms with Crippen molar-refractivity contribution < 1.29 is 28.6 Å². The van der Waals surface area contributed by atoms with Gasteiger partial charge in [0.25, 0.3) is 0 Å².